The highest BCUT2D eigenvalue weighted by atomic mass is 127. The van der Waals surface area contributed by atoms with Crippen molar-refractivity contribution >= 4 is 45.9 Å². The molecule has 2 rings (SSSR count). The smallest absolute Gasteiger partial charge is 0.191 e. The molecule has 0 fully saturated rings. The number of hydrogen-bond donors (Lipinski definition) is 2. The number of nitrogens with zero attached hydrogens (tertiary/aromatic N) is 2. The van der Waals surface area contributed by atoms with Gasteiger partial charge in [-0.1, -0.05) is 39.3 Å². The molecule has 0 bridgehead atoms. The average Bonchev–Trinajstić information content (AvgIpc) is 2.85. The van der Waals surface area contributed by atoms with Gasteiger partial charge in [0.25, 0.3) is 0 Å². The van der Waals surface area contributed by atoms with Gasteiger partial charge in [-0.15, -0.1) is 24.0 Å². The first-order chi connectivity index (χ1) is 11.0. The van der Waals surface area contributed by atoms with Crippen LogP contribution in [-0.2, 0) is 6.42 Å². The first-order valence-electron chi connectivity index (χ1n) is 7.66. The van der Waals surface area contributed by atoms with Crippen LogP contribution in [0, 0.1) is 13.8 Å². The molecule has 1 aromatic carbocycles. The van der Waals surface area contributed by atoms with E-state index in [4.69, 9.17) is 4.52 Å². The van der Waals surface area contributed by atoms with Gasteiger partial charge >= 0.3 is 0 Å². The monoisotopic (exact) mass is 506 g/mol. The van der Waals surface area contributed by atoms with Gasteiger partial charge in [-0.3, -0.25) is 4.99 Å². The summed E-state index contributed by atoms with van der Waals surface area (Å²) in [6.45, 7) is 6.79. The predicted octanol–water partition coefficient (Wildman–Crippen LogP) is 4.14. The van der Waals surface area contributed by atoms with Crippen LogP contribution in [-0.4, -0.2) is 24.7 Å². The van der Waals surface area contributed by atoms with E-state index in [1.54, 1.807) is 7.05 Å². The molecule has 2 N–H and O–H groups in total. The Hall–Kier alpha value is -1.09. The molecule has 1 aromatic heterocycles. The van der Waals surface area contributed by atoms with Gasteiger partial charge in [-0.05, 0) is 38.8 Å². The summed E-state index contributed by atoms with van der Waals surface area (Å²) in [7, 11) is 1.78. The van der Waals surface area contributed by atoms with Crippen molar-refractivity contribution in [2.75, 3.05) is 13.6 Å². The van der Waals surface area contributed by atoms with Crippen molar-refractivity contribution in [2.24, 2.45) is 4.99 Å². The zero-order valence-electron chi connectivity index (χ0n) is 14.4. The second kappa shape index (κ2) is 10.0. The highest BCUT2D eigenvalue weighted by Gasteiger charge is 2.12. The summed E-state index contributed by atoms with van der Waals surface area (Å²) >= 11 is 3.59. The van der Waals surface area contributed by atoms with Gasteiger partial charge in [0.2, 0.25) is 0 Å². The molecule has 0 aliphatic heterocycles. The molecule has 1 heterocycles. The zero-order chi connectivity index (χ0) is 16.8. The molecule has 0 saturated carbocycles. The lowest BCUT2D eigenvalue weighted by atomic mass is 10.1. The molecule has 5 nitrogen and oxygen atoms in total. The van der Waals surface area contributed by atoms with Gasteiger partial charge < -0.3 is 15.2 Å². The summed E-state index contributed by atoms with van der Waals surface area (Å²) in [4.78, 5) is 4.29. The molecule has 24 heavy (non-hydrogen) atoms. The number of aromatic nitrogens is 1. The molecule has 132 valence electrons. The molecule has 0 amide bonds. The Morgan fingerprint density at radius 3 is 2.62 bits per heavy atom. The highest BCUT2D eigenvalue weighted by molar-refractivity contribution is 14.0. The number of benzene rings is 1. The fourth-order valence-corrected chi connectivity index (χ4v) is 3.10. The van der Waals surface area contributed by atoms with E-state index in [9.17, 15) is 0 Å². The molecular formula is C17H24BrIN4O. The zero-order valence-corrected chi connectivity index (χ0v) is 18.3. The maximum absolute atomic E-state index is 5.19. The molecule has 0 aliphatic rings. The van der Waals surface area contributed by atoms with Gasteiger partial charge in [0.15, 0.2) is 5.96 Å². The third kappa shape index (κ3) is 5.47. The van der Waals surface area contributed by atoms with Crippen molar-refractivity contribution in [1.82, 2.24) is 15.8 Å². The summed E-state index contributed by atoms with van der Waals surface area (Å²) in [6, 6.07) is 8.33. The Morgan fingerprint density at radius 1 is 1.33 bits per heavy atom. The summed E-state index contributed by atoms with van der Waals surface area (Å²) < 4.78 is 6.27. The minimum Gasteiger partial charge on any atom is -0.361 e. The second-order valence-electron chi connectivity index (χ2n) is 5.44. The number of aryl methyl sites for hydroxylation is 2. The first kappa shape index (κ1) is 21.0. The van der Waals surface area contributed by atoms with E-state index in [0.717, 1.165) is 40.4 Å². The molecule has 7 heteroatoms. The lowest BCUT2D eigenvalue weighted by Crippen LogP contribution is -2.39. The standard InChI is InChI=1S/C17H23BrN4O.HI/c1-11(15-7-5-6-8-16(15)18)21-17(19-4)20-10-9-14-12(2)22-23-13(14)3;/h5-8,11H,9-10H2,1-4H3,(H2,19,20,21);1H. The predicted molar refractivity (Wildman–Crippen MR) is 112 cm³/mol. The fraction of sp³-hybridized carbons (Fsp3) is 0.412. The lowest BCUT2D eigenvalue weighted by Gasteiger charge is -2.19. The largest absolute Gasteiger partial charge is 0.361 e. The fourth-order valence-electron chi connectivity index (χ4n) is 2.47. The van der Waals surface area contributed by atoms with Crippen LogP contribution in [0.5, 0.6) is 0 Å². The minimum absolute atomic E-state index is 0. The highest BCUT2D eigenvalue weighted by Crippen LogP contribution is 2.22. The van der Waals surface area contributed by atoms with Gasteiger partial charge in [0.05, 0.1) is 11.7 Å². The minimum atomic E-state index is 0. The van der Waals surface area contributed by atoms with Gasteiger partial charge in [0, 0.05) is 23.6 Å². The van der Waals surface area contributed by atoms with Crippen LogP contribution in [0.1, 0.15) is 35.5 Å². The molecule has 0 spiro atoms. The number of aliphatic imine (C=N–C) groups is 1. The lowest BCUT2D eigenvalue weighted by molar-refractivity contribution is 0.392. The van der Waals surface area contributed by atoms with Crippen LogP contribution < -0.4 is 10.6 Å². The van der Waals surface area contributed by atoms with Crippen molar-refractivity contribution in [2.45, 2.75) is 33.2 Å². The van der Waals surface area contributed by atoms with E-state index in [1.165, 1.54) is 5.56 Å². The van der Waals surface area contributed by atoms with Crippen LogP contribution in [0.2, 0.25) is 0 Å². The van der Waals surface area contributed by atoms with Crippen molar-refractivity contribution in [3.63, 3.8) is 0 Å². The Morgan fingerprint density at radius 2 is 2.04 bits per heavy atom. The third-order valence-corrected chi connectivity index (χ3v) is 4.52. The second-order valence-corrected chi connectivity index (χ2v) is 6.29. The molecule has 1 unspecified atom stereocenters. The van der Waals surface area contributed by atoms with Crippen molar-refractivity contribution < 1.29 is 4.52 Å². The Balaban J connectivity index is 0.00000288. The van der Waals surface area contributed by atoms with Gasteiger partial charge in [-0.2, -0.15) is 0 Å². The molecule has 0 aliphatic carbocycles. The van der Waals surface area contributed by atoms with Crippen LogP contribution in [0.4, 0.5) is 0 Å². The quantitative estimate of drug-likeness (QED) is 0.363. The van der Waals surface area contributed by atoms with E-state index in [1.807, 2.05) is 32.0 Å². The average molecular weight is 507 g/mol. The molecule has 1 atom stereocenters. The van der Waals surface area contributed by atoms with Crippen LogP contribution in [0.3, 0.4) is 0 Å². The maximum Gasteiger partial charge on any atom is 0.191 e. The summed E-state index contributed by atoms with van der Waals surface area (Å²) in [6.07, 6.45) is 0.852. The topological polar surface area (TPSA) is 62.5 Å². The van der Waals surface area contributed by atoms with Crippen molar-refractivity contribution in [1.29, 1.82) is 0 Å². The number of guanidine groups is 1. The van der Waals surface area contributed by atoms with Crippen molar-refractivity contribution in [3.05, 3.63) is 51.3 Å². The third-order valence-electron chi connectivity index (χ3n) is 3.80. The maximum atomic E-state index is 5.19. The number of rotatable bonds is 5. The number of halogens is 2. The van der Waals surface area contributed by atoms with Crippen LogP contribution in [0.15, 0.2) is 38.3 Å². The van der Waals surface area contributed by atoms with Gasteiger partial charge in [0.1, 0.15) is 5.76 Å². The first-order valence-corrected chi connectivity index (χ1v) is 8.45. The summed E-state index contributed by atoms with van der Waals surface area (Å²) in [5.74, 6) is 1.66. The molecule has 2 aromatic rings. The normalized spacial score (nSPS) is 12.5. The van der Waals surface area contributed by atoms with Gasteiger partial charge in [-0.25, -0.2) is 0 Å². The van der Waals surface area contributed by atoms with E-state index < -0.39 is 0 Å². The number of nitrogens with one attached hydrogen (secondary N) is 2. The van der Waals surface area contributed by atoms with E-state index in [0.29, 0.717) is 0 Å². The van der Waals surface area contributed by atoms with E-state index >= 15 is 0 Å². The van der Waals surface area contributed by atoms with Crippen LogP contribution in [0.25, 0.3) is 0 Å². The number of hydrogen-bond acceptors (Lipinski definition) is 3. The molecule has 0 saturated heterocycles. The van der Waals surface area contributed by atoms with E-state index in [2.05, 4.69) is 49.7 Å². The summed E-state index contributed by atoms with van der Waals surface area (Å²) in [5.41, 5.74) is 3.31. The molecular weight excluding hydrogens is 483 g/mol. The van der Waals surface area contributed by atoms with E-state index in [-0.39, 0.29) is 30.0 Å². The SMILES string of the molecule is CN=C(NCCc1c(C)noc1C)NC(C)c1ccccc1Br.I. The van der Waals surface area contributed by atoms with Crippen LogP contribution >= 0.6 is 39.9 Å². The Bertz CT molecular complexity index is 667. The summed E-state index contributed by atoms with van der Waals surface area (Å²) in [5, 5.41) is 10.7. The molecule has 0 radical (unpaired) electrons. The van der Waals surface area contributed by atoms with Crippen molar-refractivity contribution in [3.8, 4) is 0 Å². The Kier molecular flexibility index (Phi) is 8.75. The Labute approximate surface area is 168 Å².